The van der Waals surface area contributed by atoms with Crippen molar-refractivity contribution in [2.24, 2.45) is 10.7 Å². The van der Waals surface area contributed by atoms with E-state index in [1.807, 2.05) is 12.1 Å². The minimum atomic E-state index is 0. The summed E-state index contributed by atoms with van der Waals surface area (Å²) in [5, 5.41) is 3.17. The highest BCUT2D eigenvalue weighted by molar-refractivity contribution is 14.0. The number of hydrogen-bond donors (Lipinski definition) is 2. The van der Waals surface area contributed by atoms with Crippen LogP contribution in [0, 0.1) is 0 Å². The Balaban J connectivity index is 0.00000400. The van der Waals surface area contributed by atoms with Gasteiger partial charge in [0.15, 0.2) is 5.96 Å². The highest BCUT2D eigenvalue weighted by Crippen LogP contribution is 2.21. The summed E-state index contributed by atoms with van der Waals surface area (Å²) >= 11 is 0. The van der Waals surface area contributed by atoms with E-state index < -0.39 is 0 Å². The number of aliphatic imine (C=N–C) groups is 1. The number of rotatable bonds is 7. The van der Waals surface area contributed by atoms with Gasteiger partial charge in [-0.2, -0.15) is 0 Å². The molecule has 1 rings (SSSR count). The van der Waals surface area contributed by atoms with Crippen LogP contribution in [0.15, 0.2) is 29.3 Å². The van der Waals surface area contributed by atoms with Crippen LogP contribution in [0.5, 0.6) is 5.75 Å². The molecule has 4 nitrogen and oxygen atoms in total. The van der Waals surface area contributed by atoms with E-state index in [1.165, 1.54) is 5.56 Å². The zero-order valence-corrected chi connectivity index (χ0v) is 15.8. The van der Waals surface area contributed by atoms with Crippen molar-refractivity contribution < 1.29 is 4.74 Å². The first-order chi connectivity index (χ1) is 9.56. The van der Waals surface area contributed by atoms with E-state index in [4.69, 9.17) is 10.5 Å². The first-order valence-electron chi connectivity index (χ1n) is 7.27. The molecule has 0 aliphatic heterocycles. The lowest BCUT2D eigenvalue weighted by atomic mass is 9.98. The van der Waals surface area contributed by atoms with E-state index in [9.17, 15) is 0 Å². The molecule has 0 amide bonds. The van der Waals surface area contributed by atoms with Crippen molar-refractivity contribution >= 4 is 29.9 Å². The molecule has 0 fully saturated rings. The highest BCUT2D eigenvalue weighted by Gasteiger charge is 2.05. The second-order valence-corrected chi connectivity index (χ2v) is 5.18. The van der Waals surface area contributed by atoms with Gasteiger partial charge in [-0.05, 0) is 43.4 Å². The number of nitrogens with zero attached hydrogens (tertiary/aromatic N) is 1. The van der Waals surface area contributed by atoms with Crippen LogP contribution >= 0.6 is 24.0 Å². The van der Waals surface area contributed by atoms with Crippen molar-refractivity contribution in [2.75, 3.05) is 13.7 Å². The van der Waals surface area contributed by atoms with Crippen LogP contribution in [-0.2, 0) is 0 Å². The molecule has 21 heavy (non-hydrogen) atoms. The summed E-state index contributed by atoms with van der Waals surface area (Å²) in [6, 6.07) is 8.57. The molecule has 0 heterocycles. The molecule has 0 aliphatic rings. The van der Waals surface area contributed by atoms with Crippen LogP contribution in [0.3, 0.4) is 0 Å². The highest BCUT2D eigenvalue weighted by atomic mass is 127. The average molecular weight is 405 g/mol. The molecule has 0 saturated heterocycles. The quantitative estimate of drug-likeness (QED) is 0.415. The monoisotopic (exact) mass is 405 g/mol. The lowest BCUT2D eigenvalue weighted by molar-refractivity contribution is 0.414. The molecule has 0 aliphatic carbocycles. The number of ether oxygens (including phenoxy) is 1. The van der Waals surface area contributed by atoms with Crippen molar-refractivity contribution in [3.63, 3.8) is 0 Å². The van der Waals surface area contributed by atoms with Crippen molar-refractivity contribution in [1.29, 1.82) is 0 Å². The van der Waals surface area contributed by atoms with Gasteiger partial charge in [-0.1, -0.05) is 26.0 Å². The van der Waals surface area contributed by atoms with Gasteiger partial charge in [-0.3, -0.25) is 4.99 Å². The van der Waals surface area contributed by atoms with Gasteiger partial charge in [0.05, 0.1) is 7.11 Å². The predicted octanol–water partition coefficient (Wildman–Crippen LogP) is 3.51. The molecule has 0 bridgehead atoms. The molecule has 0 saturated carbocycles. The van der Waals surface area contributed by atoms with Crippen molar-refractivity contribution in [3.8, 4) is 5.75 Å². The maximum Gasteiger partial charge on any atom is 0.188 e. The third-order valence-electron chi connectivity index (χ3n) is 3.54. The van der Waals surface area contributed by atoms with Crippen LogP contribution in [-0.4, -0.2) is 25.7 Å². The largest absolute Gasteiger partial charge is 0.497 e. The molecule has 0 radical (unpaired) electrons. The van der Waals surface area contributed by atoms with Crippen LogP contribution in [0.2, 0.25) is 0 Å². The van der Waals surface area contributed by atoms with Gasteiger partial charge in [0.25, 0.3) is 0 Å². The summed E-state index contributed by atoms with van der Waals surface area (Å²) < 4.78 is 5.16. The Morgan fingerprint density at radius 3 is 2.43 bits per heavy atom. The molecule has 0 aromatic heterocycles. The number of nitrogens with two attached hydrogens (primary N) is 1. The Labute approximate surface area is 145 Å². The lowest BCUT2D eigenvalue weighted by Crippen LogP contribution is -2.38. The third-order valence-corrected chi connectivity index (χ3v) is 3.54. The van der Waals surface area contributed by atoms with Gasteiger partial charge < -0.3 is 15.8 Å². The maximum atomic E-state index is 5.84. The van der Waals surface area contributed by atoms with E-state index in [1.54, 1.807) is 7.11 Å². The van der Waals surface area contributed by atoms with Gasteiger partial charge in [0.2, 0.25) is 0 Å². The third kappa shape index (κ3) is 7.55. The Morgan fingerprint density at radius 1 is 1.29 bits per heavy atom. The first-order valence-corrected chi connectivity index (χ1v) is 7.27. The molecular formula is C16H28IN3O. The first kappa shape index (κ1) is 20.0. The Morgan fingerprint density at radius 2 is 1.90 bits per heavy atom. The molecule has 5 heteroatoms. The van der Waals surface area contributed by atoms with Crippen LogP contribution in [0.4, 0.5) is 0 Å². The standard InChI is InChI=1S/C16H27N3O.HI/c1-5-13(3)19-16(17)18-11-10-12(2)14-6-8-15(20-4)9-7-14;/h6-9,12-13H,5,10-11H2,1-4H3,(H3,17,18,19);1H. The zero-order valence-electron chi connectivity index (χ0n) is 13.4. The molecule has 0 spiro atoms. The summed E-state index contributed by atoms with van der Waals surface area (Å²) in [4.78, 5) is 4.37. The number of nitrogens with one attached hydrogen (secondary N) is 1. The summed E-state index contributed by atoms with van der Waals surface area (Å²) in [6.45, 7) is 7.16. The maximum absolute atomic E-state index is 5.84. The van der Waals surface area contributed by atoms with Gasteiger partial charge in [0.1, 0.15) is 5.75 Å². The van der Waals surface area contributed by atoms with Crippen molar-refractivity contribution in [3.05, 3.63) is 29.8 Å². The van der Waals surface area contributed by atoms with E-state index in [2.05, 4.69) is 43.2 Å². The molecule has 120 valence electrons. The van der Waals surface area contributed by atoms with Crippen molar-refractivity contribution in [1.82, 2.24) is 5.32 Å². The van der Waals surface area contributed by atoms with Crippen molar-refractivity contribution in [2.45, 2.75) is 45.6 Å². The molecule has 3 N–H and O–H groups in total. The summed E-state index contributed by atoms with van der Waals surface area (Å²) in [5.74, 6) is 1.89. The topological polar surface area (TPSA) is 59.6 Å². The number of hydrogen-bond acceptors (Lipinski definition) is 2. The number of methoxy groups -OCH3 is 1. The van der Waals surface area contributed by atoms with Gasteiger partial charge in [-0.25, -0.2) is 0 Å². The van der Waals surface area contributed by atoms with Gasteiger partial charge in [-0.15, -0.1) is 24.0 Å². The van der Waals surface area contributed by atoms with Crippen LogP contribution < -0.4 is 15.8 Å². The fourth-order valence-corrected chi connectivity index (χ4v) is 1.88. The van der Waals surface area contributed by atoms with E-state index in [0.29, 0.717) is 17.9 Å². The molecule has 1 aromatic carbocycles. The Kier molecular flexibility index (Phi) is 10.2. The van der Waals surface area contributed by atoms with E-state index >= 15 is 0 Å². The molecule has 2 atom stereocenters. The van der Waals surface area contributed by atoms with Crippen LogP contribution in [0.1, 0.15) is 45.1 Å². The van der Waals surface area contributed by atoms with Crippen LogP contribution in [0.25, 0.3) is 0 Å². The van der Waals surface area contributed by atoms with E-state index in [0.717, 1.165) is 25.1 Å². The molecular weight excluding hydrogens is 377 g/mol. The zero-order chi connectivity index (χ0) is 15.0. The summed E-state index contributed by atoms with van der Waals surface area (Å²) in [7, 11) is 1.68. The second-order valence-electron chi connectivity index (χ2n) is 5.18. The number of guanidine groups is 1. The normalized spacial score (nSPS) is 14.0. The summed E-state index contributed by atoms with van der Waals surface area (Å²) in [5.41, 5.74) is 7.14. The summed E-state index contributed by atoms with van der Waals surface area (Å²) in [6.07, 6.45) is 2.02. The molecule has 1 aromatic rings. The van der Waals surface area contributed by atoms with E-state index in [-0.39, 0.29) is 24.0 Å². The number of halogens is 1. The predicted molar refractivity (Wildman–Crippen MR) is 101 cm³/mol. The minimum absolute atomic E-state index is 0. The van der Waals surface area contributed by atoms with Gasteiger partial charge in [0, 0.05) is 12.6 Å². The number of benzene rings is 1. The fraction of sp³-hybridized carbons (Fsp3) is 0.562. The second kappa shape index (κ2) is 10.7. The van der Waals surface area contributed by atoms with Gasteiger partial charge >= 0.3 is 0 Å². The lowest BCUT2D eigenvalue weighted by Gasteiger charge is -2.13. The Bertz CT molecular complexity index is 420. The fourth-order valence-electron chi connectivity index (χ4n) is 1.88. The average Bonchev–Trinajstić information content (AvgIpc) is 2.47. The molecule has 2 unspecified atom stereocenters. The SMILES string of the molecule is CCC(C)NC(N)=NCCC(C)c1ccc(OC)cc1.I. The smallest absolute Gasteiger partial charge is 0.188 e. The minimum Gasteiger partial charge on any atom is -0.497 e. The Hall–Kier alpha value is -0.980.